The number of methoxy groups -OCH3 is 1. The maximum absolute atomic E-state index is 13.6. The minimum atomic E-state index is -3.69. The second-order valence-corrected chi connectivity index (χ2v) is 11.6. The zero-order chi connectivity index (χ0) is 26.3. The maximum atomic E-state index is 13.6. The summed E-state index contributed by atoms with van der Waals surface area (Å²) in [4.78, 5) is 2.60. The first-order chi connectivity index (χ1) is 17.9. The summed E-state index contributed by atoms with van der Waals surface area (Å²) >= 11 is 0. The SMILES string of the molecule is COCCCN1CCOc2ccc(CO[C@@H]3CC[C@@H](CCC#N)N(S(=O)(=O)c4ccc(C)cc4)C3)cc21. The molecule has 2 heterocycles. The molecule has 37 heavy (non-hydrogen) atoms. The first kappa shape index (κ1) is 27.4. The number of aryl methyl sites for hydroxylation is 1. The van der Waals surface area contributed by atoms with Gasteiger partial charge in [-0.3, -0.25) is 0 Å². The second kappa shape index (κ2) is 12.7. The van der Waals surface area contributed by atoms with E-state index in [0.29, 0.717) is 39.1 Å². The normalized spacial score (nSPS) is 20.2. The molecule has 0 aromatic heterocycles. The van der Waals surface area contributed by atoms with Crippen molar-refractivity contribution in [3.05, 3.63) is 53.6 Å². The Morgan fingerprint density at radius 1 is 1.16 bits per heavy atom. The monoisotopic (exact) mass is 527 g/mol. The Morgan fingerprint density at radius 3 is 2.73 bits per heavy atom. The van der Waals surface area contributed by atoms with Gasteiger partial charge in [0.1, 0.15) is 12.4 Å². The highest BCUT2D eigenvalue weighted by atomic mass is 32.2. The van der Waals surface area contributed by atoms with Crippen molar-refractivity contribution < 1.29 is 22.6 Å². The molecule has 0 spiro atoms. The van der Waals surface area contributed by atoms with Crippen LogP contribution in [0.5, 0.6) is 5.75 Å². The Balaban J connectivity index is 1.45. The lowest BCUT2D eigenvalue weighted by Gasteiger charge is -2.38. The zero-order valence-electron chi connectivity index (χ0n) is 21.8. The molecule has 0 bridgehead atoms. The van der Waals surface area contributed by atoms with Crippen LogP contribution in [-0.4, -0.2) is 64.8 Å². The first-order valence-electron chi connectivity index (χ1n) is 13.0. The number of fused-ring (bicyclic) bond motifs is 1. The number of nitriles is 1. The van der Waals surface area contributed by atoms with Gasteiger partial charge >= 0.3 is 0 Å². The molecule has 0 radical (unpaired) electrons. The molecule has 2 aromatic rings. The number of benzene rings is 2. The predicted octanol–water partition coefficient (Wildman–Crippen LogP) is 4.27. The highest BCUT2D eigenvalue weighted by Gasteiger charge is 2.37. The molecule has 1 fully saturated rings. The number of ether oxygens (including phenoxy) is 3. The quantitative estimate of drug-likeness (QED) is 0.403. The summed E-state index contributed by atoms with van der Waals surface area (Å²) in [6.45, 7) is 5.72. The van der Waals surface area contributed by atoms with Crippen molar-refractivity contribution >= 4 is 15.7 Å². The standard InChI is InChI=1S/C28H37N3O5S/c1-22-6-11-26(12-7-22)37(32,33)31-20-25(10-9-24(31)5-3-14-29)36-21-23-8-13-28-27(19-23)30(16-18-35-28)15-4-17-34-2/h6-8,11-13,19,24-25H,3-5,9-10,15-18,20-21H2,1-2H3/t24-,25-/m1/s1. The van der Waals surface area contributed by atoms with Gasteiger partial charge in [0.15, 0.2) is 0 Å². The van der Waals surface area contributed by atoms with E-state index in [1.165, 1.54) is 0 Å². The molecule has 2 aliphatic rings. The second-order valence-electron chi connectivity index (χ2n) is 9.73. The van der Waals surface area contributed by atoms with Crippen molar-refractivity contribution in [3.63, 3.8) is 0 Å². The summed E-state index contributed by atoms with van der Waals surface area (Å²) < 4.78 is 46.0. The van der Waals surface area contributed by atoms with Crippen LogP contribution in [0.25, 0.3) is 0 Å². The van der Waals surface area contributed by atoms with E-state index in [1.807, 2.05) is 31.2 Å². The average Bonchev–Trinajstić information content (AvgIpc) is 2.91. The highest BCUT2D eigenvalue weighted by molar-refractivity contribution is 7.89. The van der Waals surface area contributed by atoms with Crippen molar-refractivity contribution in [2.24, 2.45) is 0 Å². The number of piperidine rings is 1. The molecule has 2 aromatic carbocycles. The van der Waals surface area contributed by atoms with E-state index < -0.39 is 10.0 Å². The lowest BCUT2D eigenvalue weighted by Crippen LogP contribution is -2.49. The minimum Gasteiger partial charge on any atom is -0.490 e. The average molecular weight is 528 g/mol. The van der Waals surface area contributed by atoms with Gasteiger partial charge in [-0.1, -0.05) is 23.8 Å². The summed E-state index contributed by atoms with van der Waals surface area (Å²) in [5.41, 5.74) is 3.10. The van der Waals surface area contributed by atoms with Crippen molar-refractivity contribution in [2.75, 3.05) is 44.9 Å². The molecule has 0 amide bonds. The number of nitrogens with zero attached hydrogens (tertiary/aromatic N) is 3. The van der Waals surface area contributed by atoms with Crippen molar-refractivity contribution in [1.29, 1.82) is 5.26 Å². The van der Waals surface area contributed by atoms with Crippen molar-refractivity contribution in [3.8, 4) is 11.8 Å². The first-order valence-corrected chi connectivity index (χ1v) is 14.4. The van der Waals surface area contributed by atoms with Crippen molar-refractivity contribution in [2.45, 2.75) is 62.7 Å². The minimum absolute atomic E-state index is 0.202. The maximum Gasteiger partial charge on any atom is 0.243 e. The van der Waals surface area contributed by atoms with E-state index in [-0.39, 0.29) is 23.6 Å². The van der Waals surface area contributed by atoms with E-state index in [9.17, 15) is 8.42 Å². The Labute approximate surface area is 220 Å². The van der Waals surface area contributed by atoms with Crippen molar-refractivity contribution in [1.82, 2.24) is 4.31 Å². The van der Waals surface area contributed by atoms with Gasteiger partial charge in [-0.25, -0.2) is 8.42 Å². The largest absolute Gasteiger partial charge is 0.490 e. The van der Waals surface area contributed by atoms with E-state index in [0.717, 1.165) is 48.5 Å². The van der Waals surface area contributed by atoms with Crippen LogP contribution in [-0.2, 0) is 26.1 Å². The third-order valence-corrected chi connectivity index (χ3v) is 9.01. The molecule has 0 unspecified atom stereocenters. The molecule has 4 rings (SSSR count). The number of sulfonamides is 1. The number of anilines is 1. The van der Waals surface area contributed by atoms with Crippen LogP contribution in [0.1, 0.15) is 43.2 Å². The van der Waals surface area contributed by atoms with Crippen LogP contribution in [0.3, 0.4) is 0 Å². The molecule has 8 nitrogen and oxygen atoms in total. The van der Waals surface area contributed by atoms with Crippen LogP contribution in [0.2, 0.25) is 0 Å². The van der Waals surface area contributed by atoms with Gasteiger partial charge in [-0.05, 0) is 62.4 Å². The fraction of sp³-hybridized carbons (Fsp3) is 0.536. The molecule has 0 aliphatic carbocycles. The van der Waals surface area contributed by atoms with E-state index in [1.54, 1.807) is 23.5 Å². The fourth-order valence-electron chi connectivity index (χ4n) is 5.01. The summed E-state index contributed by atoms with van der Waals surface area (Å²) in [7, 11) is -1.98. The van der Waals surface area contributed by atoms with Crippen LogP contribution in [0.4, 0.5) is 5.69 Å². The molecular formula is C28H37N3O5S. The molecule has 2 atom stereocenters. The fourth-order valence-corrected chi connectivity index (χ4v) is 6.73. The van der Waals surface area contributed by atoms with Gasteiger partial charge in [0.05, 0.1) is 35.9 Å². The summed E-state index contributed by atoms with van der Waals surface area (Å²) in [5, 5.41) is 9.10. The van der Waals surface area contributed by atoms with Crippen LogP contribution >= 0.6 is 0 Å². The lowest BCUT2D eigenvalue weighted by atomic mass is 9.99. The number of hydrogen-bond acceptors (Lipinski definition) is 7. The molecule has 9 heteroatoms. The molecule has 1 saturated heterocycles. The zero-order valence-corrected chi connectivity index (χ0v) is 22.6. The van der Waals surface area contributed by atoms with Gasteiger partial charge < -0.3 is 19.1 Å². The van der Waals surface area contributed by atoms with E-state index in [2.05, 4.69) is 17.0 Å². The van der Waals surface area contributed by atoms with Gasteiger partial charge in [0.25, 0.3) is 0 Å². The molecule has 2 aliphatic heterocycles. The van der Waals surface area contributed by atoms with Crippen LogP contribution in [0, 0.1) is 18.3 Å². The van der Waals surface area contributed by atoms with Gasteiger partial charge in [-0.15, -0.1) is 0 Å². The molecule has 0 saturated carbocycles. The Bertz CT molecular complexity index is 1180. The topological polar surface area (TPSA) is 92.1 Å². The van der Waals surface area contributed by atoms with Crippen LogP contribution < -0.4 is 9.64 Å². The van der Waals surface area contributed by atoms with Gasteiger partial charge in [-0.2, -0.15) is 9.57 Å². The van der Waals surface area contributed by atoms with E-state index in [4.69, 9.17) is 19.5 Å². The summed E-state index contributed by atoms with van der Waals surface area (Å²) in [6, 6.07) is 15.0. The van der Waals surface area contributed by atoms with Gasteiger partial charge in [0, 0.05) is 39.3 Å². The Morgan fingerprint density at radius 2 is 1.97 bits per heavy atom. The Hall–Kier alpha value is -2.64. The third kappa shape index (κ3) is 6.82. The summed E-state index contributed by atoms with van der Waals surface area (Å²) in [5.74, 6) is 0.876. The highest BCUT2D eigenvalue weighted by Crippen LogP contribution is 2.34. The predicted molar refractivity (Wildman–Crippen MR) is 142 cm³/mol. The number of hydrogen-bond donors (Lipinski definition) is 0. The lowest BCUT2D eigenvalue weighted by molar-refractivity contribution is -0.00536. The smallest absolute Gasteiger partial charge is 0.243 e. The van der Waals surface area contributed by atoms with Crippen LogP contribution in [0.15, 0.2) is 47.4 Å². The Kier molecular flexibility index (Phi) is 9.43. The molecule has 0 N–H and O–H groups in total. The summed E-state index contributed by atoms with van der Waals surface area (Å²) in [6.07, 6.45) is 3.00. The van der Waals surface area contributed by atoms with E-state index >= 15 is 0 Å². The molecule has 200 valence electrons. The number of rotatable bonds is 11. The molecular weight excluding hydrogens is 490 g/mol. The van der Waals surface area contributed by atoms with Gasteiger partial charge in [0.2, 0.25) is 10.0 Å². The third-order valence-electron chi connectivity index (χ3n) is 7.07.